The van der Waals surface area contributed by atoms with Gasteiger partial charge in [0.15, 0.2) is 0 Å². The number of piperidine rings is 1. The number of ether oxygens (including phenoxy) is 1. The summed E-state index contributed by atoms with van der Waals surface area (Å²) in [5.74, 6) is 0.187. The van der Waals surface area contributed by atoms with E-state index in [1.54, 1.807) is 4.90 Å². The number of hydrogen-bond acceptors (Lipinski definition) is 4. The van der Waals surface area contributed by atoms with Gasteiger partial charge in [-0.15, -0.1) is 0 Å². The fourth-order valence-electron chi connectivity index (χ4n) is 2.98. The molecule has 0 atom stereocenters. The van der Waals surface area contributed by atoms with Crippen LogP contribution < -0.4 is 5.56 Å². The van der Waals surface area contributed by atoms with Crippen LogP contribution in [-0.2, 0) is 4.74 Å². The van der Waals surface area contributed by atoms with E-state index in [-0.39, 0.29) is 23.0 Å². The molecule has 0 unspecified atom stereocenters. The second-order valence-electron chi connectivity index (χ2n) is 7.35. The minimum Gasteiger partial charge on any atom is -0.444 e. The second-order valence-corrected chi connectivity index (χ2v) is 7.35. The molecule has 1 aromatic carbocycles. The first-order chi connectivity index (χ1) is 11.7. The van der Waals surface area contributed by atoms with E-state index < -0.39 is 11.4 Å². The van der Waals surface area contributed by atoms with Crippen LogP contribution in [0.5, 0.6) is 0 Å². The van der Waals surface area contributed by atoms with E-state index in [0.717, 1.165) is 0 Å². The maximum absolute atomic E-state index is 13.3. The largest absolute Gasteiger partial charge is 0.444 e. The van der Waals surface area contributed by atoms with Crippen molar-refractivity contribution in [2.45, 2.75) is 45.1 Å². The van der Waals surface area contributed by atoms with E-state index in [0.29, 0.717) is 37.3 Å². The Labute approximate surface area is 145 Å². The number of rotatable bonds is 1. The molecule has 0 radical (unpaired) electrons. The van der Waals surface area contributed by atoms with E-state index in [4.69, 9.17) is 4.74 Å². The molecule has 2 aromatic rings. The summed E-state index contributed by atoms with van der Waals surface area (Å²) in [6, 6.07) is 4.00. The number of halogens is 1. The molecule has 1 N–H and O–H groups in total. The molecule has 0 spiro atoms. The van der Waals surface area contributed by atoms with Crippen LogP contribution in [0.2, 0.25) is 0 Å². The van der Waals surface area contributed by atoms with Gasteiger partial charge < -0.3 is 14.6 Å². The van der Waals surface area contributed by atoms with E-state index in [9.17, 15) is 14.0 Å². The van der Waals surface area contributed by atoms with Crippen molar-refractivity contribution in [1.29, 1.82) is 0 Å². The van der Waals surface area contributed by atoms with Gasteiger partial charge in [-0.2, -0.15) is 0 Å². The molecule has 0 bridgehead atoms. The highest BCUT2D eigenvalue weighted by atomic mass is 19.1. The van der Waals surface area contributed by atoms with Crippen LogP contribution in [0.1, 0.15) is 45.4 Å². The average Bonchev–Trinajstić information content (AvgIpc) is 2.54. The first-order valence-electron chi connectivity index (χ1n) is 8.40. The molecular weight excluding hydrogens is 325 g/mol. The third-order valence-corrected chi connectivity index (χ3v) is 4.22. The fourth-order valence-corrected chi connectivity index (χ4v) is 2.98. The zero-order chi connectivity index (χ0) is 18.2. The van der Waals surface area contributed by atoms with Crippen LogP contribution >= 0.6 is 0 Å². The van der Waals surface area contributed by atoms with Gasteiger partial charge in [-0.25, -0.2) is 14.2 Å². The predicted octanol–water partition coefficient (Wildman–Crippen LogP) is 3.18. The highest BCUT2D eigenvalue weighted by Gasteiger charge is 2.28. The first kappa shape index (κ1) is 17.4. The monoisotopic (exact) mass is 347 g/mol. The van der Waals surface area contributed by atoms with Gasteiger partial charge in [-0.1, -0.05) is 0 Å². The Morgan fingerprint density at radius 3 is 2.64 bits per heavy atom. The predicted molar refractivity (Wildman–Crippen MR) is 92.1 cm³/mol. The number of amides is 1. The van der Waals surface area contributed by atoms with Crippen molar-refractivity contribution in [3.8, 4) is 0 Å². The van der Waals surface area contributed by atoms with Crippen molar-refractivity contribution in [1.82, 2.24) is 14.9 Å². The molecule has 25 heavy (non-hydrogen) atoms. The van der Waals surface area contributed by atoms with Crippen LogP contribution in [0, 0.1) is 5.82 Å². The Morgan fingerprint density at radius 1 is 1.32 bits per heavy atom. The van der Waals surface area contributed by atoms with E-state index in [1.165, 1.54) is 18.2 Å². The van der Waals surface area contributed by atoms with Gasteiger partial charge in [0.05, 0.1) is 10.9 Å². The van der Waals surface area contributed by atoms with Gasteiger partial charge in [0, 0.05) is 19.0 Å². The molecule has 1 aliphatic heterocycles. The van der Waals surface area contributed by atoms with E-state index in [2.05, 4.69) is 9.97 Å². The zero-order valence-electron chi connectivity index (χ0n) is 14.6. The number of H-pyrrole nitrogens is 1. The number of nitrogens with one attached hydrogen (secondary N) is 1. The lowest BCUT2D eigenvalue weighted by Crippen LogP contribution is -2.41. The summed E-state index contributed by atoms with van der Waals surface area (Å²) in [6.07, 6.45) is 1.06. The van der Waals surface area contributed by atoms with Crippen LogP contribution in [-0.4, -0.2) is 39.7 Å². The van der Waals surface area contributed by atoms with Gasteiger partial charge in [0.2, 0.25) is 0 Å². The number of fused-ring (bicyclic) bond motifs is 1. The maximum Gasteiger partial charge on any atom is 0.410 e. The molecule has 134 valence electrons. The molecule has 1 saturated heterocycles. The standard InChI is InChI=1S/C18H22FN3O3/c1-18(2,3)25-17(24)22-8-6-11(7-9-22)15-20-14-5-4-12(19)10-13(14)16(23)21-15/h4-5,10-11H,6-9H2,1-3H3,(H,20,21,23). The molecule has 1 aromatic heterocycles. The minimum absolute atomic E-state index is 0.0563. The highest BCUT2D eigenvalue weighted by molar-refractivity contribution is 5.77. The maximum atomic E-state index is 13.3. The lowest BCUT2D eigenvalue weighted by Gasteiger charge is -2.33. The van der Waals surface area contributed by atoms with E-state index in [1.807, 2.05) is 20.8 Å². The fraction of sp³-hybridized carbons (Fsp3) is 0.500. The van der Waals surface area contributed by atoms with Crippen molar-refractivity contribution in [3.05, 3.63) is 40.2 Å². The van der Waals surface area contributed by atoms with Crippen molar-refractivity contribution in [3.63, 3.8) is 0 Å². The third-order valence-electron chi connectivity index (χ3n) is 4.22. The number of hydrogen-bond donors (Lipinski definition) is 1. The Morgan fingerprint density at radius 2 is 2.00 bits per heavy atom. The smallest absolute Gasteiger partial charge is 0.410 e. The normalized spacial score (nSPS) is 16.2. The molecule has 3 rings (SSSR count). The lowest BCUT2D eigenvalue weighted by atomic mass is 9.96. The minimum atomic E-state index is -0.520. The molecule has 6 nitrogen and oxygen atoms in total. The number of likely N-dealkylation sites (tertiary alicyclic amines) is 1. The summed E-state index contributed by atoms with van der Waals surface area (Å²) in [4.78, 5) is 33.2. The molecule has 0 saturated carbocycles. The molecule has 7 heteroatoms. The summed E-state index contributed by atoms with van der Waals surface area (Å²) < 4.78 is 18.7. The van der Waals surface area contributed by atoms with Crippen LogP contribution in [0.25, 0.3) is 10.9 Å². The molecular formula is C18H22FN3O3. The third kappa shape index (κ3) is 3.97. The van der Waals surface area contributed by atoms with Crippen molar-refractivity contribution < 1.29 is 13.9 Å². The topological polar surface area (TPSA) is 75.3 Å². The Balaban J connectivity index is 1.73. The summed E-state index contributed by atoms with van der Waals surface area (Å²) in [6.45, 7) is 6.61. The average molecular weight is 347 g/mol. The summed E-state index contributed by atoms with van der Waals surface area (Å²) in [5, 5.41) is 0.245. The first-order valence-corrected chi connectivity index (χ1v) is 8.40. The van der Waals surface area contributed by atoms with Crippen molar-refractivity contribution in [2.24, 2.45) is 0 Å². The van der Waals surface area contributed by atoms with Gasteiger partial charge >= 0.3 is 6.09 Å². The summed E-state index contributed by atoms with van der Waals surface area (Å²) in [5.41, 5.74) is -0.377. The van der Waals surface area contributed by atoms with Gasteiger partial charge in [-0.3, -0.25) is 4.79 Å². The summed E-state index contributed by atoms with van der Waals surface area (Å²) in [7, 11) is 0. The number of aromatic amines is 1. The molecule has 2 heterocycles. The number of benzene rings is 1. The zero-order valence-corrected chi connectivity index (χ0v) is 14.6. The molecule has 1 amide bonds. The lowest BCUT2D eigenvalue weighted by molar-refractivity contribution is 0.0203. The molecule has 1 fully saturated rings. The van der Waals surface area contributed by atoms with Gasteiger partial charge in [0.25, 0.3) is 5.56 Å². The van der Waals surface area contributed by atoms with Crippen LogP contribution in [0.15, 0.2) is 23.0 Å². The van der Waals surface area contributed by atoms with Gasteiger partial charge in [-0.05, 0) is 51.8 Å². The number of carbonyl (C=O) groups excluding carboxylic acids is 1. The van der Waals surface area contributed by atoms with Crippen molar-refractivity contribution in [2.75, 3.05) is 13.1 Å². The van der Waals surface area contributed by atoms with Crippen LogP contribution in [0.4, 0.5) is 9.18 Å². The molecule has 1 aliphatic rings. The second kappa shape index (κ2) is 6.46. The van der Waals surface area contributed by atoms with Crippen LogP contribution in [0.3, 0.4) is 0 Å². The molecule has 0 aliphatic carbocycles. The van der Waals surface area contributed by atoms with E-state index >= 15 is 0 Å². The quantitative estimate of drug-likeness (QED) is 0.860. The number of aromatic nitrogens is 2. The number of carbonyl (C=O) groups is 1. The van der Waals surface area contributed by atoms with Gasteiger partial charge in [0.1, 0.15) is 17.2 Å². The Hall–Kier alpha value is -2.44. The SMILES string of the molecule is CC(C)(C)OC(=O)N1CCC(c2nc3ccc(F)cc3c(=O)[nH]2)CC1. The Kier molecular flexibility index (Phi) is 4.49. The highest BCUT2D eigenvalue weighted by Crippen LogP contribution is 2.26. The summed E-state index contributed by atoms with van der Waals surface area (Å²) >= 11 is 0. The Bertz CT molecular complexity index is 849. The van der Waals surface area contributed by atoms with Crippen molar-refractivity contribution >= 4 is 17.0 Å². The number of nitrogens with zero attached hydrogens (tertiary/aromatic N) is 2.